The van der Waals surface area contributed by atoms with E-state index >= 15 is 0 Å². The molecule has 0 aliphatic heterocycles. The highest BCUT2D eigenvalue weighted by Gasteiger charge is 2.52. The van der Waals surface area contributed by atoms with E-state index < -0.39 is 4.33 Å². The fourth-order valence-corrected chi connectivity index (χ4v) is 3.31. The van der Waals surface area contributed by atoms with Gasteiger partial charge in [0.2, 0.25) is 0 Å². The molecule has 2 aromatic rings. The van der Waals surface area contributed by atoms with Crippen LogP contribution in [0.3, 0.4) is 0 Å². The zero-order chi connectivity index (χ0) is 15.0. The number of alkyl halides is 2. The summed E-state index contributed by atoms with van der Waals surface area (Å²) in [6, 6.07) is 15.1. The maximum Gasteiger partial charge on any atom is 0.255 e. The molecule has 0 unspecified atom stereocenters. The normalized spacial score (nSPS) is 19.1. The Morgan fingerprint density at radius 1 is 1.19 bits per heavy atom. The number of carbonyl (C=O) groups is 1. The van der Waals surface area contributed by atoms with E-state index in [0.717, 1.165) is 21.2 Å². The number of hydrogen-bond acceptors (Lipinski definition) is 1. The van der Waals surface area contributed by atoms with Crippen LogP contribution in [0, 0.1) is 3.57 Å². The van der Waals surface area contributed by atoms with Crippen molar-refractivity contribution in [3.8, 4) is 0 Å². The fourth-order valence-electron chi connectivity index (χ4n) is 2.21. The zero-order valence-electron chi connectivity index (χ0n) is 10.9. The monoisotopic (exact) mass is 431 g/mol. The van der Waals surface area contributed by atoms with Crippen LogP contribution in [-0.4, -0.2) is 10.2 Å². The zero-order valence-corrected chi connectivity index (χ0v) is 14.6. The van der Waals surface area contributed by atoms with E-state index in [1.807, 2.05) is 42.5 Å². The summed E-state index contributed by atoms with van der Waals surface area (Å²) in [6.45, 7) is 0. The van der Waals surface area contributed by atoms with E-state index in [0.29, 0.717) is 5.56 Å². The number of carbonyl (C=O) groups excluding carboxylic acids is 1. The molecule has 1 aliphatic rings. The van der Waals surface area contributed by atoms with Crippen LogP contribution < -0.4 is 5.32 Å². The molecule has 108 valence electrons. The molecular weight excluding hydrogens is 420 g/mol. The summed E-state index contributed by atoms with van der Waals surface area (Å²) in [4.78, 5) is 12.1. The molecule has 0 bridgehead atoms. The van der Waals surface area contributed by atoms with E-state index in [2.05, 4.69) is 27.9 Å². The largest absolute Gasteiger partial charge is 0.322 e. The predicted molar refractivity (Wildman–Crippen MR) is 95.3 cm³/mol. The molecule has 3 rings (SSSR count). The maximum atomic E-state index is 12.1. The van der Waals surface area contributed by atoms with Gasteiger partial charge in [0.25, 0.3) is 5.91 Å². The van der Waals surface area contributed by atoms with Gasteiger partial charge in [-0.05, 0) is 64.9 Å². The van der Waals surface area contributed by atoms with Gasteiger partial charge in [0, 0.05) is 20.7 Å². The average molecular weight is 432 g/mol. The Labute approximate surface area is 147 Å². The molecule has 0 aromatic heterocycles. The quantitative estimate of drug-likeness (QED) is 0.524. The molecule has 1 atom stereocenters. The minimum Gasteiger partial charge on any atom is -0.322 e. The third-order valence-corrected chi connectivity index (χ3v) is 4.99. The predicted octanol–water partition coefficient (Wildman–Crippen LogP) is 5.20. The summed E-state index contributed by atoms with van der Waals surface area (Å²) in [7, 11) is 0. The van der Waals surface area contributed by atoms with Crippen LogP contribution in [0.4, 0.5) is 5.69 Å². The molecule has 1 fully saturated rings. The Morgan fingerprint density at radius 2 is 1.86 bits per heavy atom. The highest BCUT2D eigenvalue weighted by Crippen LogP contribution is 2.59. The fraction of sp³-hybridized carbons (Fsp3) is 0.188. The molecular formula is C16H12Cl2INO. The molecule has 1 N–H and O–H groups in total. The van der Waals surface area contributed by atoms with Crippen molar-refractivity contribution in [1.29, 1.82) is 0 Å². The molecule has 2 aromatic carbocycles. The third-order valence-electron chi connectivity index (χ3n) is 3.48. The first-order chi connectivity index (χ1) is 9.95. The average Bonchev–Trinajstić information content (AvgIpc) is 3.08. The number of rotatable bonds is 3. The highest BCUT2D eigenvalue weighted by molar-refractivity contribution is 14.1. The Kier molecular flexibility index (Phi) is 4.17. The number of anilines is 1. The lowest BCUT2D eigenvalue weighted by molar-refractivity contribution is 0.102. The van der Waals surface area contributed by atoms with Crippen molar-refractivity contribution in [3.05, 3.63) is 63.2 Å². The van der Waals surface area contributed by atoms with Gasteiger partial charge in [0.1, 0.15) is 4.33 Å². The van der Waals surface area contributed by atoms with Crippen molar-refractivity contribution < 1.29 is 4.79 Å². The lowest BCUT2D eigenvalue weighted by atomic mass is 10.1. The molecule has 0 heterocycles. The minimum atomic E-state index is -0.620. The molecule has 2 nitrogen and oxygen atoms in total. The van der Waals surface area contributed by atoms with E-state index in [9.17, 15) is 4.79 Å². The van der Waals surface area contributed by atoms with Gasteiger partial charge in [-0.1, -0.05) is 18.2 Å². The van der Waals surface area contributed by atoms with Gasteiger partial charge in [-0.2, -0.15) is 0 Å². The summed E-state index contributed by atoms with van der Waals surface area (Å²) in [5.41, 5.74) is 2.51. The molecule has 0 saturated heterocycles. The second-order valence-corrected chi connectivity index (χ2v) is 7.89. The molecule has 1 saturated carbocycles. The Morgan fingerprint density at radius 3 is 2.43 bits per heavy atom. The number of benzene rings is 2. The molecule has 1 aliphatic carbocycles. The van der Waals surface area contributed by atoms with Gasteiger partial charge >= 0.3 is 0 Å². The van der Waals surface area contributed by atoms with E-state index in [1.54, 1.807) is 6.07 Å². The maximum absolute atomic E-state index is 12.1. The van der Waals surface area contributed by atoms with Crippen LogP contribution >= 0.6 is 45.8 Å². The van der Waals surface area contributed by atoms with Gasteiger partial charge in [-0.15, -0.1) is 23.2 Å². The van der Waals surface area contributed by atoms with Crippen molar-refractivity contribution in [1.82, 2.24) is 0 Å². The summed E-state index contributed by atoms with van der Waals surface area (Å²) in [5.74, 6) is 0.0815. The number of amides is 1. The van der Waals surface area contributed by atoms with Gasteiger partial charge < -0.3 is 5.32 Å². The topological polar surface area (TPSA) is 29.1 Å². The van der Waals surface area contributed by atoms with Crippen LogP contribution in [0.15, 0.2) is 48.5 Å². The number of nitrogens with one attached hydrogen (secondary N) is 1. The van der Waals surface area contributed by atoms with Gasteiger partial charge in [-0.25, -0.2) is 0 Å². The van der Waals surface area contributed by atoms with Gasteiger partial charge in [0.05, 0.1) is 0 Å². The Hall–Kier alpha value is -0.780. The first-order valence-corrected chi connectivity index (χ1v) is 8.34. The van der Waals surface area contributed by atoms with Crippen LogP contribution in [0.1, 0.15) is 28.3 Å². The van der Waals surface area contributed by atoms with Gasteiger partial charge in [-0.3, -0.25) is 4.79 Å². The smallest absolute Gasteiger partial charge is 0.255 e. The Balaban J connectivity index is 1.69. The Bertz CT molecular complexity index is 685. The minimum absolute atomic E-state index is 0.114. The van der Waals surface area contributed by atoms with Crippen molar-refractivity contribution in [2.24, 2.45) is 0 Å². The van der Waals surface area contributed by atoms with Gasteiger partial charge in [0.15, 0.2) is 0 Å². The van der Waals surface area contributed by atoms with E-state index in [-0.39, 0.29) is 11.8 Å². The van der Waals surface area contributed by atoms with Crippen LogP contribution in [-0.2, 0) is 0 Å². The lowest BCUT2D eigenvalue weighted by Gasteiger charge is -2.07. The van der Waals surface area contributed by atoms with Crippen molar-refractivity contribution in [2.45, 2.75) is 16.7 Å². The SMILES string of the molecule is O=C(Nc1ccc([C@@H]2CC2(Cl)Cl)cc1)c1cccc(I)c1. The molecule has 0 radical (unpaired) electrons. The highest BCUT2D eigenvalue weighted by atomic mass is 127. The second-order valence-electron chi connectivity index (χ2n) is 5.10. The van der Waals surface area contributed by atoms with Crippen LogP contribution in [0.25, 0.3) is 0 Å². The van der Waals surface area contributed by atoms with Crippen molar-refractivity contribution >= 4 is 57.4 Å². The molecule has 5 heteroatoms. The van der Waals surface area contributed by atoms with E-state index in [4.69, 9.17) is 23.2 Å². The third kappa shape index (κ3) is 3.52. The molecule has 0 spiro atoms. The van der Waals surface area contributed by atoms with E-state index in [1.165, 1.54) is 0 Å². The first kappa shape index (κ1) is 15.1. The van der Waals surface area contributed by atoms with Crippen molar-refractivity contribution in [2.75, 3.05) is 5.32 Å². The first-order valence-electron chi connectivity index (χ1n) is 6.50. The standard InChI is InChI=1S/C16H12Cl2INO/c17-16(18)9-14(16)10-4-6-13(7-5-10)20-15(21)11-2-1-3-12(19)8-11/h1-8,14H,9H2,(H,20,21)/t14-/m0/s1. The molecule has 21 heavy (non-hydrogen) atoms. The van der Waals surface area contributed by atoms with Crippen LogP contribution in [0.5, 0.6) is 0 Å². The number of hydrogen-bond donors (Lipinski definition) is 1. The summed E-state index contributed by atoms with van der Waals surface area (Å²) >= 11 is 14.3. The number of halogens is 3. The second kappa shape index (κ2) is 5.78. The summed E-state index contributed by atoms with van der Waals surface area (Å²) in [6.07, 6.45) is 0.782. The summed E-state index contributed by atoms with van der Waals surface area (Å²) < 4.78 is 0.413. The van der Waals surface area contributed by atoms with Crippen LogP contribution in [0.2, 0.25) is 0 Å². The lowest BCUT2D eigenvalue weighted by Crippen LogP contribution is -2.11. The summed E-state index contributed by atoms with van der Waals surface area (Å²) in [5, 5.41) is 2.88. The van der Waals surface area contributed by atoms with Crippen molar-refractivity contribution in [3.63, 3.8) is 0 Å². The molecule has 1 amide bonds.